The van der Waals surface area contributed by atoms with Crippen molar-refractivity contribution < 1.29 is 8.42 Å². The normalized spacial score (nSPS) is 10.8. The number of nitrogens with zero attached hydrogens (tertiary/aromatic N) is 2. The van der Waals surface area contributed by atoms with Crippen LogP contribution in [0.15, 0.2) is 41.4 Å². The zero-order chi connectivity index (χ0) is 14.8. The van der Waals surface area contributed by atoms with Crippen molar-refractivity contribution in [1.82, 2.24) is 4.98 Å². The number of hydrogen-bond acceptors (Lipinski definition) is 4. The molecule has 0 amide bonds. The Morgan fingerprint density at radius 2 is 2.10 bits per heavy atom. The van der Waals surface area contributed by atoms with E-state index in [9.17, 15) is 8.42 Å². The molecule has 2 rings (SSSR count). The predicted octanol–water partition coefficient (Wildman–Crippen LogP) is 2.72. The fourth-order valence-electron chi connectivity index (χ4n) is 1.59. The minimum absolute atomic E-state index is 0.164. The Kier molecular flexibility index (Phi) is 3.93. The zero-order valence-corrected chi connectivity index (χ0v) is 12.0. The second kappa shape index (κ2) is 5.49. The highest BCUT2D eigenvalue weighted by Crippen LogP contribution is 2.26. The SMILES string of the molecule is Cc1ccc(NS(=O)(=O)c2cccnc2C#N)c(Cl)c1. The summed E-state index contributed by atoms with van der Waals surface area (Å²) >= 11 is 5.99. The summed E-state index contributed by atoms with van der Waals surface area (Å²) in [7, 11) is -3.91. The summed E-state index contributed by atoms with van der Waals surface area (Å²) in [6.07, 6.45) is 1.36. The quantitative estimate of drug-likeness (QED) is 0.945. The fourth-order valence-corrected chi connectivity index (χ4v) is 3.12. The first kappa shape index (κ1) is 14.3. The summed E-state index contributed by atoms with van der Waals surface area (Å²) in [6.45, 7) is 1.85. The Hall–Kier alpha value is -2.10. The third-order valence-corrected chi connectivity index (χ3v) is 4.24. The molecule has 5 nitrogen and oxygen atoms in total. The van der Waals surface area contributed by atoms with Gasteiger partial charge in [0.25, 0.3) is 10.0 Å². The van der Waals surface area contributed by atoms with Crippen LogP contribution in [0.3, 0.4) is 0 Å². The summed E-state index contributed by atoms with van der Waals surface area (Å²) < 4.78 is 26.9. The van der Waals surface area contributed by atoms with E-state index in [1.807, 2.05) is 6.92 Å². The van der Waals surface area contributed by atoms with Gasteiger partial charge in [0.1, 0.15) is 11.0 Å². The lowest BCUT2D eigenvalue weighted by atomic mass is 10.2. The molecule has 102 valence electrons. The topological polar surface area (TPSA) is 82.8 Å². The Morgan fingerprint density at radius 3 is 2.75 bits per heavy atom. The van der Waals surface area contributed by atoms with E-state index in [0.717, 1.165) is 5.56 Å². The Bertz CT molecular complexity index is 798. The van der Waals surface area contributed by atoms with Crippen LogP contribution in [-0.2, 0) is 10.0 Å². The molecule has 0 atom stereocenters. The lowest BCUT2D eigenvalue weighted by molar-refractivity contribution is 0.600. The molecule has 0 spiro atoms. The maximum absolute atomic E-state index is 12.3. The van der Waals surface area contributed by atoms with Gasteiger partial charge in [0.2, 0.25) is 0 Å². The maximum atomic E-state index is 12.3. The number of aryl methyl sites for hydroxylation is 1. The first-order valence-electron chi connectivity index (χ1n) is 5.58. The number of benzene rings is 1. The van der Waals surface area contributed by atoms with Crippen molar-refractivity contribution in [1.29, 1.82) is 5.26 Å². The molecule has 0 bridgehead atoms. The van der Waals surface area contributed by atoms with Gasteiger partial charge in [0, 0.05) is 6.20 Å². The minimum atomic E-state index is -3.91. The zero-order valence-electron chi connectivity index (χ0n) is 10.5. The first-order valence-corrected chi connectivity index (χ1v) is 7.44. The van der Waals surface area contributed by atoms with Crippen molar-refractivity contribution in [2.45, 2.75) is 11.8 Å². The van der Waals surface area contributed by atoms with Crippen molar-refractivity contribution in [2.75, 3.05) is 4.72 Å². The highest BCUT2D eigenvalue weighted by atomic mass is 35.5. The first-order chi connectivity index (χ1) is 9.44. The largest absolute Gasteiger partial charge is 0.278 e. The molecule has 1 N–H and O–H groups in total. The molecule has 0 saturated heterocycles. The number of nitrogens with one attached hydrogen (secondary N) is 1. The number of sulfonamides is 1. The van der Waals surface area contributed by atoms with Gasteiger partial charge in [-0.25, -0.2) is 13.4 Å². The van der Waals surface area contributed by atoms with Gasteiger partial charge < -0.3 is 0 Å². The highest BCUT2D eigenvalue weighted by molar-refractivity contribution is 7.92. The van der Waals surface area contributed by atoms with E-state index in [1.165, 1.54) is 18.3 Å². The highest BCUT2D eigenvalue weighted by Gasteiger charge is 2.20. The van der Waals surface area contributed by atoms with Crippen LogP contribution in [0.4, 0.5) is 5.69 Å². The van der Waals surface area contributed by atoms with Crippen LogP contribution in [0.1, 0.15) is 11.3 Å². The van der Waals surface area contributed by atoms with E-state index in [0.29, 0.717) is 0 Å². The van der Waals surface area contributed by atoms with Crippen LogP contribution in [0.5, 0.6) is 0 Å². The van der Waals surface area contributed by atoms with Crippen LogP contribution in [0, 0.1) is 18.3 Å². The second-order valence-corrected chi connectivity index (χ2v) is 6.11. The predicted molar refractivity (Wildman–Crippen MR) is 75.9 cm³/mol. The van der Waals surface area contributed by atoms with Gasteiger partial charge >= 0.3 is 0 Å². The van der Waals surface area contributed by atoms with Crippen LogP contribution in [0.2, 0.25) is 5.02 Å². The van der Waals surface area contributed by atoms with Gasteiger partial charge in [-0.2, -0.15) is 5.26 Å². The van der Waals surface area contributed by atoms with Gasteiger partial charge in [0.15, 0.2) is 5.69 Å². The second-order valence-electron chi connectivity index (χ2n) is 4.05. The molecule has 0 fully saturated rings. The Labute approximate surface area is 121 Å². The monoisotopic (exact) mass is 307 g/mol. The molecule has 1 aromatic carbocycles. The van der Waals surface area contributed by atoms with E-state index >= 15 is 0 Å². The average molecular weight is 308 g/mol. The Morgan fingerprint density at radius 1 is 1.35 bits per heavy atom. The van der Waals surface area contributed by atoms with Gasteiger partial charge in [-0.1, -0.05) is 17.7 Å². The summed E-state index contributed by atoms with van der Waals surface area (Å²) in [5, 5.41) is 9.20. The van der Waals surface area contributed by atoms with Gasteiger partial charge in [-0.3, -0.25) is 4.72 Å². The smallest absolute Gasteiger partial charge is 0.264 e. The lowest BCUT2D eigenvalue weighted by Gasteiger charge is -2.10. The standard InChI is InChI=1S/C13H10ClN3O2S/c1-9-4-5-11(10(14)7-9)17-20(18,19)13-3-2-6-16-12(13)8-15/h2-7,17H,1H3. The molecular formula is C13H10ClN3O2S. The molecule has 7 heteroatoms. The van der Waals surface area contributed by atoms with Crippen LogP contribution >= 0.6 is 11.6 Å². The van der Waals surface area contributed by atoms with Crippen molar-refractivity contribution in [3.8, 4) is 6.07 Å². The number of halogens is 1. The molecule has 0 unspecified atom stereocenters. The van der Waals surface area contributed by atoms with Crippen molar-refractivity contribution in [3.63, 3.8) is 0 Å². The molecule has 0 aliphatic carbocycles. The number of hydrogen-bond donors (Lipinski definition) is 1. The lowest BCUT2D eigenvalue weighted by Crippen LogP contribution is -2.15. The van der Waals surface area contributed by atoms with Gasteiger partial charge in [-0.15, -0.1) is 0 Å². The maximum Gasteiger partial charge on any atom is 0.264 e. The third kappa shape index (κ3) is 2.90. The van der Waals surface area contributed by atoms with E-state index in [4.69, 9.17) is 16.9 Å². The van der Waals surface area contributed by atoms with E-state index in [2.05, 4.69) is 9.71 Å². The third-order valence-electron chi connectivity index (χ3n) is 2.54. The molecule has 1 heterocycles. The molecule has 1 aromatic heterocycles. The fraction of sp³-hybridized carbons (Fsp3) is 0.0769. The van der Waals surface area contributed by atoms with Crippen molar-refractivity contribution >= 4 is 27.3 Å². The molecule has 0 saturated carbocycles. The summed E-state index contributed by atoms with van der Waals surface area (Å²) in [5.74, 6) is 0. The van der Waals surface area contributed by atoms with Gasteiger partial charge in [0.05, 0.1) is 10.7 Å². The van der Waals surface area contributed by atoms with Crippen LogP contribution in [-0.4, -0.2) is 13.4 Å². The van der Waals surface area contributed by atoms with Crippen molar-refractivity contribution in [2.24, 2.45) is 0 Å². The molecule has 2 aromatic rings. The number of pyridine rings is 1. The molecule has 0 radical (unpaired) electrons. The average Bonchev–Trinajstić information content (AvgIpc) is 2.42. The van der Waals surface area contributed by atoms with Crippen LogP contribution in [0.25, 0.3) is 0 Å². The molecule has 0 aliphatic rings. The van der Waals surface area contributed by atoms with E-state index in [1.54, 1.807) is 24.3 Å². The number of nitriles is 1. The summed E-state index contributed by atoms with van der Waals surface area (Å²) in [6, 6.07) is 9.46. The molecular weight excluding hydrogens is 298 g/mol. The summed E-state index contributed by atoms with van der Waals surface area (Å²) in [4.78, 5) is 3.55. The number of aromatic nitrogens is 1. The minimum Gasteiger partial charge on any atom is -0.278 e. The van der Waals surface area contributed by atoms with Crippen LogP contribution < -0.4 is 4.72 Å². The van der Waals surface area contributed by atoms with Crippen molar-refractivity contribution in [3.05, 3.63) is 52.8 Å². The van der Waals surface area contributed by atoms with E-state index in [-0.39, 0.29) is 21.3 Å². The summed E-state index contributed by atoms with van der Waals surface area (Å²) in [5.41, 5.74) is 1.00. The number of rotatable bonds is 3. The molecule has 0 aliphatic heterocycles. The number of anilines is 1. The Balaban J connectivity index is 2.44. The molecule has 20 heavy (non-hydrogen) atoms. The van der Waals surface area contributed by atoms with E-state index < -0.39 is 10.0 Å². The van der Waals surface area contributed by atoms with Gasteiger partial charge in [-0.05, 0) is 36.8 Å².